The topological polar surface area (TPSA) is 59.1 Å². The van der Waals surface area contributed by atoms with Gasteiger partial charge in [-0.15, -0.1) is 0 Å². The fourth-order valence-electron chi connectivity index (χ4n) is 0.414. The van der Waals surface area contributed by atoms with Gasteiger partial charge in [-0.25, -0.2) is 0 Å². The Morgan fingerprint density at radius 2 is 2.00 bits per heavy atom. The van der Waals surface area contributed by atoms with Crippen LogP contribution in [0.3, 0.4) is 0 Å². The molecular weight excluding hydrogens is 128 g/mol. The van der Waals surface area contributed by atoms with Crippen LogP contribution in [0.2, 0.25) is 0 Å². The Hall–Kier alpha value is -0.570. The summed E-state index contributed by atoms with van der Waals surface area (Å²) >= 11 is 0. The van der Waals surface area contributed by atoms with Crippen LogP contribution in [0.25, 0.3) is 0 Å². The molecule has 0 aromatic heterocycles. The van der Waals surface area contributed by atoms with Gasteiger partial charge in [-0.05, 0) is 12.8 Å². The van der Waals surface area contributed by atoms with Crippen molar-refractivity contribution in [2.75, 3.05) is 6.61 Å². The number of hydrogen-bond donors (Lipinski definition) is 2. The Kier molecular flexibility index (Phi) is 4.03. The zero-order valence-electron chi connectivity index (χ0n) is 6.85. The van der Waals surface area contributed by atoms with Crippen LogP contribution in [0.1, 0.15) is 20.8 Å². The molecule has 1 atom stereocenters. The number of rotatable bonds is 4. The van der Waals surface area contributed by atoms with E-state index in [1.54, 1.807) is 0 Å². The molecule has 3 nitrogen and oxygen atoms in total. The van der Waals surface area contributed by atoms with Gasteiger partial charge >= 0.3 is 0 Å². The Labute approximate surface area is 62.1 Å². The lowest BCUT2D eigenvalue weighted by Gasteiger charge is -2.15. The van der Waals surface area contributed by atoms with Crippen LogP contribution in [-0.4, -0.2) is 18.5 Å². The highest BCUT2D eigenvalue weighted by atomic mass is 16.5. The third-order valence-corrected chi connectivity index (χ3v) is 1.44. The maximum absolute atomic E-state index is 6.88. The average molecular weight is 144 g/mol. The highest BCUT2D eigenvalue weighted by Gasteiger charge is 2.06. The molecule has 1 unspecified atom stereocenters. The predicted molar refractivity (Wildman–Crippen MR) is 42.2 cm³/mol. The van der Waals surface area contributed by atoms with Crippen LogP contribution in [0.5, 0.6) is 0 Å². The van der Waals surface area contributed by atoms with E-state index in [2.05, 4.69) is 13.8 Å². The summed E-state index contributed by atoms with van der Waals surface area (Å²) in [4.78, 5) is 0. The van der Waals surface area contributed by atoms with Crippen LogP contribution in [-0.2, 0) is 4.74 Å². The lowest BCUT2D eigenvalue weighted by molar-refractivity contribution is 0.0606. The number of ether oxygens (including phenoxy) is 1. The highest BCUT2D eigenvalue weighted by molar-refractivity contribution is 5.78. The molecule has 0 aliphatic carbocycles. The minimum absolute atomic E-state index is 0.0903. The largest absolute Gasteiger partial charge is 0.386 e. The smallest absolute Gasteiger partial charge is 0.117 e. The van der Waals surface area contributed by atoms with E-state index < -0.39 is 0 Å². The van der Waals surface area contributed by atoms with E-state index in [1.165, 1.54) is 0 Å². The van der Waals surface area contributed by atoms with Crippen molar-refractivity contribution in [3.8, 4) is 0 Å². The first kappa shape index (κ1) is 9.43. The molecule has 0 radical (unpaired) electrons. The maximum atomic E-state index is 6.88. The van der Waals surface area contributed by atoms with E-state index in [-0.39, 0.29) is 18.5 Å². The Morgan fingerprint density at radius 3 is 2.30 bits per heavy atom. The van der Waals surface area contributed by atoms with Crippen LogP contribution in [0.4, 0.5) is 0 Å². The molecule has 3 N–H and O–H groups in total. The van der Waals surface area contributed by atoms with Gasteiger partial charge in [0.1, 0.15) is 12.4 Å². The van der Waals surface area contributed by atoms with Crippen LogP contribution in [0.15, 0.2) is 0 Å². The normalized spacial score (nSPS) is 13.6. The van der Waals surface area contributed by atoms with Crippen molar-refractivity contribution in [3.63, 3.8) is 0 Å². The third kappa shape index (κ3) is 4.32. The van der Waals surface area contributed by atoms with Crippen molar-refractivity contribution >= 4 is 5.84 Å². The van der Waals surface area contributed by atoms with Crippen molar-refractivity contribution < 1.29 is 4.74 Å². The van der Waals surface area contributed by atoms with Gasteiger partial charge in [0.15, 0.2) is 0 Å². The SMILES string of the molecule is CC(C)C(C)OCC(=N)N. The third-order valence-electron chi connectivity index (χ3n) is 1.44. The first-order valence-electron chi connectivity index (χ1n) is 3.48. The van der Waals surface area contributed by atoms with Crippen LogP contribution >= 0.6 is 0 Å². The van der Waals surface area contributed by atoms with E-state index >= 15 is 0 Å². The van der Waals surface area contributed by atoms with E-state index in [4.69, 9.17) is 15.9 Å². The van der Waals surface area contributed by atoms with Gasteiger partial charge in [-0.1, -0.05) is 13.8 Å². The maximum Gasteiger partial charge on any atom is 0.117 e. The van der Waals surface area contributed by atoms with Crippen LogP contribution in [0, 0.1) is 11.3 Å². The van der Waals surface area contributed by atoms with Crippen molar-refractivity contribution in [1.29, 1.82) is 5.41 Å². The molecule has 0 aliphatic rings. The quantitative estimate of drug-likeness (QED) is 0.456. The summed E-state index contributed by atoms with van der Waals surface area (Å²) in [6.45, 7) is 6.38. The highest BCUT2D eigenvalue weighted by Crippen LogP contribution is 2.03. The van der Waals surface area contributed by atoms with Gasteiger partial charge in [-0.2, -0.15) is 0 Å². The average Bonchev–Trinajstić information content (AvgIpc) is 1.82. The van der Waals surface area contributed by atoms with Crippen LogP contribution < -0.4 is 5.73 Å². The molecule has 0 spiro atoms. The monoisotopic (exact) mass is 144 g/mol. The second-order valence-electron chi connectivity index (χ2n) is 2.79. The molecule has 0 saturated heterocycles. The van der Waals surface area contributed by atoms with Gasteiger partial charge in [-0.3, -0.25) is 5.41 Å². The summed E-state index contributed by atoms with van der Waals surface area (Å²) in [5, 5.41) is 6.88. The van der Waals surface area contributed by atoms with Crippen molar-refractivity contribution in [1.82, 2.24) is 0 Å². The molecular formula is C7H16N2O. The van der Waals surface area contributed by atoms with E-state index in [9.17, 15) is 0 Å². The molecule has 10 heavy (non-hydrogen) atoms. The Morgan fingerprint density at radius 1 is 1.50 bits per heavy atom. The number of nitrogens with one attached hydrogen (secondary N) is 1. The standard InChI is InChI=1S/C7H16N2O/c1-5(2)6(3)10-4-7(8)9/h5-6H,4H2,1-3H3,(H3,8,9). The zero-order chi connectivity index (χ0) is 8.15. The summed E-state index contributed by atoms with van der Waals surface area (Å²) in [7, 11) is 0. The summed E-state index contributed by atoms with van der Waals surface area (Å²) in [5.74, 6) is 0.576. The summed E-state index contributed by atoms with van der Waals surface area (Å²) in [5.41, 5.74) is 5.10. The minimum atomic E-state index is 0.0903. The summed E-state index contributed by atoms with van der Waals surface area (Å²) in [6, 6.07) is 0. The molecule has 0 fully saturated rings. The van der Waals surface area contributed by atoms with Gasteiger partial charge in [0.05, 0.1) is 6.10 Å². The second kappa shape index (κ2) is 4.28. The molecule has 0 heterocycles. The van der Waals surface area contributed by atoms with Gasteiger partial charge in [0, 0.05) is 0 Å². The Bertz CT molecular complexity index is 112. The first-order chi connectivity index (χ1) is 4.54. The van der Waals surface area contributed by atoms with Gasteiger partial charge in [0.2, 0.25) is 0 Å². The van der Waals surface area contributed by atoms with Gasteiger partial charge in [0.25, 0.3) is 0 Å². The lowest BCUT2D eigenvalue weighted by atomic mass is 10.1. The molecule has 0 rings (SSSR count). The molecule has 0 bridgehead atoms. The number of hydrogen-bond acceptors (Lipinski definition) is 2. The van der Waals surface area contributed by atoms with Gasteiger partial charge < -0.3 is 10.5 Å². The minimum Gasteiger partial charge on any atom is -0.386 e. The molecule has 0 aromatic rings. The summed E-state index contributed by atoms with van der Waals surface area (Å²) in [6.07, 6.45) is 0.184. The lowest BCUT2D eigenvalue weighted by Crippen LogP contribution is -2.24. The second-order valence-corrected chi connectivity index (χ2v) is 2.79. The van der Waals surface area contributed by atoms with E-state index in [0.29, 0.717) is 5.92 Å². The number of amidine groups is 1. The van der Waals surface area contributed by atoms with E-state index in [1.807, 2.05) is 6.92 Å². The number of nitrogens with two attached hydrogens (primary N) is 1. The molecule has 60 valence electrons. The van der Waals surface area contributed by atoms with E-state index in [0.717, 1.165) is 0 Å². The Balaban J connectivity index is 3.39. The fourth-order valence-corrected chi connectivity index (χ4v) is 0.414. The molecule has 0 aliphatic heterocycles. The fraction of sp³-hybridized carbons (Fsp3) is 0.857. The first-order valence-corrected chi connectivity index (χ1v) is 3.48. The predicted octanol–water partition coefficient (Wildman–Crippen LogP) is 0.983. The summed E-state index contributed by atoms with van der Waals surface area (Å²) < 4.78 is 5.22. The molecule has 3 heteroatoms. The molecule has 0 aromatic carbocycles. The molecule has 0 saturated carbocycles. The zero-order valence-corrected chi connectivity index (χ0v) is 6.85. The van der Waals surface area contributed by atoms with Crippen molar-refractivity contribution in [3.05, 3.63) is 0 Å². The van der Waals surface area contributed by atoms with Crippen molar-refractivity contribution in [2.24, 2.45) is 11.7 Å². The van der Waals surface area contributed by atoms with Crippen molar-refractivity contribution in [2.45, 2.75) is 26.9 Å². The molecule has 0 amide bonds.